The number of rotatable bonds is 4. The van der Waals surface area contributed by atoms with Gasteiger partial charge in [0, 0.05) is 18.3 Å². The van der Waals surface area contributed by atoms with Crippen molar-refractivity contribution in [3.63, 3.8) is 0 Å². The molecule has 3 N–H and O–H groups in total. The number of benzene rings is 1. The Hall–Kier alpha value is -1.71. The van der Waals surface area contributed by atoms with Gasteiger partial charge in [-0.1, -0.05) is 27.7 Å². The molecule has 106 valence electrons. The SMILES string of the molecule is COc1ccc(C(=O)NCC(C)C(C)(C)C)c(N)c1. The van der Waals surface area contributed by atoms with Crippen LogP contribution in [0.2, 0.25) is 0 Å². The minimum atomic E-state index is -0.142. The fraction of sp³-hybridized carbons (Fsp3) is 0.533. The van der Waals surface area contributed by atoms with E-state index in [0.29, 0.717) is 29.5 Å². The number of nitrogens with one attached hydrogen (secondary N) is 1. The largest absolute Gasteiger partial charge is 0.497 e. The maximum absolute atomic E-state index is 12.1. The summed E-state index contributed by atoms with van der Waals surface area (Å²) in [6.07, 6.45) is 0. The zero-order valence-corrected chi connectivity index (χ0v) is 12.4. The van der Waals surface area contributed by atoms with Crippen LogP contribution in [0.15, 0.2) is 18.2 Å². The number of hydrogen-bond acceptors (Lipinski definition) is 3. The van der Waals surface area contributed by atoms with Gasteiger partial charge in [-0.15, -0.1) is 0 Å². The Kier molecular flexibility index (Phi) is 4.81. The number of anilines is 1. The van der Waals surface area contributed by atoms with Crippen LogP contribution in [0, 0.1) is 11.3 Å². The highest BCUT2D eigenvalue weighted by molar-refractivity contribution is 5.99. The molecule has 0 aliphatic carbocycles. The second-order valence-corrected chi connectivity index (χ2v) is 5.93. The lowest BCUT2D eigenvalue weighted by molar-refractivity contribution is 0.0938. The first kappa shape index (κ1) is 15.3. The average Bonchev–Trinajstić information content (AvgIpc) is 2.34. The van der Waals surface area contributed by atoms with Crippen LogP contribution in [0.25, 0.3) is 0 Å². The van der Waals surface area contributed by atoms with Crippen LogP contribution >= 0.6 is 0 Å². The first-order valence-electron chi connectivity index (χ1n) is 6.47. The summed E-state index contributed by atoms with van der Waals surface area (Å²) in [5.41, 5.74) is 6.93. The van der Waals surface area contributed by atoms with E-state index >= 15 is 0 Å². The third-order valence-corrected chi connectivity index (χ3v) is 3.55. The standard InChI is InChI=1S/C15H24N2O2/c1-10(15(2,3)4)9-17-14(18)12-7-6-11(19-5)8-13(12)16/h6-8,10H,9,16H2,1-5H3,(H,17,18). The van der Waals surface area contributed by atoms with E-state index in [1.165, 1.54) is 0 Å². The number of hydrogen-bond donors (Lipinski definition) is 2. The first-order chi connectivity index (χ1) is 8.75. The predicted molar refractivity (Wildman–Crippen MR) is 78.4 cm³/mol. The highest BCUT2D eigenvalue weighted by Crippen LogP contribution is 2.25. The summed E-state index contributed by atoms with van der Waals surface area (Å²) in [7, 11) is 1.57. The lowest BCUT2D eigenvalue weighted by Crippen LogP contribution is -2.34. The van der Waals surface area contributed by atoms with Crippen LogP contribution in [0.5, 0.6) is 5.75 Å². The van der Waals surface area contributed by atoms with Gasteiger partial charge in [-0.25, -0.2) is 0 Å². The fourth-order valence-corrected chi connectivity index (χ4v) is 1.52. The van der Waals surface area contributed by atoms with Crippen LogP contribution < -0.4 is 15.8 Å². The predicted octanol–water partition coefficient (Wildman–Crippen LogP) is 2.69. The lowest BCUT2D eigenvalue weighted by atomic mass is 9.82. The zero-order valence-electron chi connectivity index (χ0n) is 12.4. The van der Waals surface area contributed by atoms with Crippen molar-refractivity contribution in [2.24, 2.45) is 11.3 Å². The summed E-state index contributed by atoms with van der Waals surface area (Å²) < 4.78 is 5.06. The number of nitrogens with two attached hydrogens (primary N) is 1. The normalized spacial score (nSPS) is 12.9. The van der Waals surface area contributed by atoms with Gasteiger partial charge < -0.3 is 15.8 Å². The summed E-state index contributed by atoms with van der Waals surface area (Å²) in [6.45, 7) is 9.23. The van der Waals surface area contributed by atoms with Crippen molar-refractivity contribution in [1.29, 1.82) is 0 Å². The van der Waals surface area contributed by atoms with E-state index in [9.17, 15) is 4.79 Å². The Morgan fingerprint density at radius 2 is 2.05 bits per heavy atom. The molecule has 1 aromatic carbocycles. The molecule has 0 heterocycles. The molecule has 0 saturated heterocycles. The van der Waals surface area contributed by atoms with E-state index in [-0.39, 0.29) is 11.3 Å². The molecule has 1 atom stereocenters. The maximum Gasteiger partial charge on any atom is 0.253 e. The molecule has 1 rings (SSSR count). The van der Waals surface area contributed by atoms with Gasteiger partial charge in [0.1, 0.15) is 5.75 Å². The average molecular weight is 264 g/mol. The summed E-state index contributed by atoms with van der Waals surface area (Å²) in [4.78, 5) is 12.1. The monoisotopic (exact) mass is 264 g/mol. The molecule has 4 heteroatoms. The van der Waals surface area contributed by atoms with E-state index < -0.39 is 0 Å². The van der Waals surface area contributed by atoms with E-state index in [1.807, 2.05) is 0 Å². The van der Waals surface area contributed by atoms with Crippen molar-refractivity contribution < 1.29 is 9.53 Å². The van der Waals surface area contributed by atoms with Crippen molar-refractivity contribution in [1.82, 2.24) is 5.32 Å². The Labute approximate surface area is 115 Å². The molecule has 1 aromatic rings. The first-order valence-corrected chi connectivity index (χ1v) is 6.47. The molecule has 0 radical (unpaired) electrons. The number of methoxy groups -OCH3 is 1. The van der Waals surface area contributed by atoms with Crippen molar-refractivity contribution in [3.05, 3.63) is 23.8 Å². The Morgan fingerprint density at radius 1 is 1.42 bits per heavy atom. The van der Waals surface area contributed by atoms with Crippen molar-refractivity contribution in [3.8, 4) is 5.75 Å². The van der Waals surface area contributed by atoms with Crippen molar-refractivity contribution in [2.45, 2.75) is 27.7 Å². The third-order valence-electron chi connectivity index (χ3n) is 3.55. The van der Waals surface area contributed by atoms with E-state index in [1.54, 1.807) is 25.3 Å². The van der Waals surface area contributed by atoms with Crippen LogP contribution in [-0.4, -0.2) is 19.6 Å². The van der Waals surface area contributed by atoms with Crippen molar-refractivity contribution >= 4 is 11.6 Å². The second-order valence-electron chi connectivity index (χ2n) is 5.93. The van der Waals surface area contributed by atoms with E-state index in [2.05, 4.69) is 33.0 Å². The Bertz CT molecular complexity index is 450. The summed E-state index contributed by atoms with van der Waals surface area (Å²) in [5, 5.41) is 2.92. The van der Waals surface area contributed by atoms with Gasteiger partial charge in [0.2, 0.25) is 0 Å². The van der Waals surface area contributed by atoms with Crippen LogP contribution in [0.4, 0.5) is 5.69 Å². The van der Waals surface area contributed by atoms with E-state index in [0.717, 1.165) is 0 Å². The summed E-state index contributed by atoms with van der Waals surface area (Å²) in [5.74, 6) is 0.893. The second kappa shape index (κ2) is 5.95. The Balaban J connectivity index is 2.69. The molecular formula is C15H24N2O2. The van der Waals surface area contributed by atoms with Gasteiger partial charge in [0.05, 0.1) is 12.7 Å². The molecule has 0 saturated carbocycles. The molecule has 1 unspecified atom stereocenters. The van der Waals surface area contributed by atoms with Crippen LogP contribution in [0.1, 0.15) is 38.1 Å². The molecule has 0 fully saturated rings. The fourth-order valence-electron chi connectivity index (χ4n) is 1.52. The van der Waals surface area contributed by atoms with Gasteiger partial charge >= 0.3 is 0 Å². The topological polar surface area (TPSA) is 64.3 Å². The minimum Gasteiger partial charge on any atom is -0.497 e. The number of ether oxygens (including phenoxy) is 1. The van der Waals surface area contributed by atoms with Crippen LogP contribution in [0.3, 0.4) is 0 Å². The highest BCUT2D eigenvalue weighted by Gasteiger charge is 2.21. The lowest BCUT2D eigenvalue weighted by Gasteiger charge is -2.27. The number of carbonyl (C=O) groups excluding carboxylic acids is 1. The smallest absolute Gasteiger partial charge is 0.253 e. The third kappa shape index (κ3) is 4.16. The van der Waals surface area contributed by atoms with Gasteiger partial charge in [-0.2, -0.15) is 0 Å². The molecule has 0 aromatic heterocycles. The molecule has 0 bridgehead atoms. The number of nitrogen functional groups attached to an aromatic ring is 1. The quantitative estimate of drug-likeness (QED) is 0.822. The van der Waals surface area contributed by atoms with Gasteiger partial charge in [0.25, 0.3) is 5.91 Å². The molecule has 4 nitrogen and oxygen atoms in total. The maximum atomic E-state index is 12.1. The molecule has 1 amide bonds. The summed E-state index contributed by atoms with van der Waals surface area (Å²) in [6, 6.07) is 5.08. The highest BCUT2D eigenvalue weighted by atomic mass is 16.5. The molecular weight excluding hydrogens is 240 g/mol. The van der Waals surface area contributed by atoms with Crippen LogP contribution in [-0.2, 0) is 0 Å². The minimum absolute atomic E-state index is 0.142. The summed E-state index contributed by atoms with van der Waals surface area (Å²) >= 11 is 0. The van der Waals surface area contributed by atoms with E-state index in [4.69, 9.17) is 10.5 Å². The molecule has 0 aliphatic rings. The van der Waals surface area contributed by atoms with Gasteiger partial charge in [0.15, 0.2) is 0 Å². The van der Waals surface area contributed by atoms with Gasteiger partial charge in [-0.3, -0.25) is 4.79 Å². The van der Waals surface area contributed by atoms with Gasteiger partial charge in [-0.05, 0) is 23.5 Å². The zero-order chi connectivity index (χ0) is 14.6. The molecule has 0 spiro atoms. The van der Waals surface area contributed by atoms with Crippen molar-refractivity contribution in [2.75, 3.05) is 19.4 Å². The molecule has 0 aliphatic heterocycles. The molecule has 19 heavy (non-hydrogen) atoms. The Morgan fingerprint density at radius 3 is 2.53 bits per heavy atom. The number of amides is 1. The number of carbonyl (C=O) groups is 1.